The summed E-state index contributed by atoms with van der Waals surface area (Å²) in [5.74, 6) is -0.156. The minimum absolute atomic E-state index is 0.00212. The van der Waals surface area contributed by atoms with Crippen LogP contribution in [0.15, 0.2) is 29.2 Å². The van der Waals surface area contributed by atoms with Crippen LogP contribution in [0.1, 0.15) is 0 Å². The summed E-state index contributed by atoms with van der Waals surface area (Å²) in [4.78, 5) is 11.4. The van der Waals surface area contributed by atoms with E-state index in [1.165, 1.54) is 11.8 Å². The minimum Gasteiger partial charge on any atom is -0.399 e. The Labute approximate surface area is 128 Å². The highest BCUT2D eigenvalue weighted by molar-refractivity contribution is 8.00. The summed E-state index contributed by atoms with van der Waals surface area (Å²) in [7, 11) is -3.35. The van der Waals surface area contributed by atoms with Crippen LogP contribution in [0.25, 0.3) is 0 Å². The van der Waals surface area contributed by atoms with E-state index in [9.17, 15) is 13.2 Å². The van der Waals surface area contributed by atoms with E-state index in [2.05, 4.69) is 4.72 Å². The van der Waals surface area contributed by atoms with Gasteiger partial charge in [0.15, 0.2) is 0 Å². The number of thioether (sulfide) groups is 1. The Kier molecular flexibility index (Phi) is 7.51. The van der Waals surface area contributed by atoms with Crippen molar-refractivity contribution in [1.82, 2.24) is 4.72 Å². The van der Waals surface area contributed by atoms with Crippen LogP contribution >= 0.6 is 11.8 Å². The molecule has 1 aromatic carbocycles. The standard InChI is InChI=1S/C12H19N3O4S2/c13-10-1-3-11(4-2-10)20-7-8-21(17,18)15-5-6-19-9-12(14)16/h1-4,15H,5-9,13H2,(H2,14,16). The zero-order chi connectivity index (χ0) is 15.7. The number of carbonyl (C=O) groups is 1. The van der Waals surface area contributed by atoms with Gasteiger partial charge >= 0.3 is 0 Å². The molecular formula is C12H19N3O4S2. The van der Waals surface area contributed by atoms with Crippen molar-refractivity contribution in [2.75, 3.05) is 37.0 Å². The highest BCUT2D eigenvalue weighted by atomic mass is 32.2. The number of anilines is 1. The topological polar surface area (TPSA) is 125 Å². The van der Waals surface area contributed by atoms with Gasteiger partial charge in [0.1, 0.15) is 6.61 Å². The Morgan fingerprint density at radius 1 is 1.29 bits per heavy atom. The lowest BCUT2D eigenvalue weighted by Gasteiger charge is -2.07. The van der Waals surface area contributed by atoms with Crippen LogP contribution in [0.2, 0.25) is 0 Å². The largest absolute Gasteiger partial charge is 0.399 e. The lowest BCUT2D eigenvalue weighted by molar-refractivity contribution is -0.122. The van der Waals surface area contributed by atoms with Crippen molar-refractivity contribution in [3.8, 4) is 0 Å². The zero-order valence-electron chi connectivity index (χ0n) is 11.4. The lowest BCUT2D eigenvalue weighted by atomic mass is 10.3. The fourth-order valence-corrected chi connectivity index (χ4v) is 3.66. The normalized spacial score (nSPS) is 11.4. The maximum absolute atomic E-state index is 11.7. The van der Waals surface area contributed by atoms with E-state index in [0.717, 1.165) is 4.90 Å². The number of ether oxygens (including phenoxy) is 1. The first-order valence-electron chi connectivity index (χ1n) is 6.21. The number of nitrogens with one attached hydrogen (secondary N) is 1. The number of nitrogen functional groups attached to an aromatic ring is 1. The number of amides is 1. The van der Waals surface area contributed by atoms with Gasteiger partial charge in [-0.25, -0.2) is 13.1 Å². The van der Waals surface area contributed by atoms with E-state index >= 15 is 0 Å². The molecule has 21 heavy (non-hydrogen) atoms. The third-order valence-electron chi connectivity index (χ3n) is 2.31. The second kappa shape index (κ2) is 8.88. The summed E-state index contributed by atoms with van der Waals surface area (Å²) in [5.41, 5.74) is 11.1. The average molecular weight is 333 g/mol. The predicted molar refractivity (Wildman–Crippen MR) is 83.4 cm³/mol. The molecule has 118 valence electrons. The van der Waals surface area contributed by atoms with Crippen LogP contribution in [0, 0.1) is 0 Å². The second-order valence-electron chi connectivity index (χ2n) is 4.15. The van der Waals surface area contributed by atoms with Crippen LogP contribution in [0.5, 0.6) is 0 Å². The van der Waals surface area contributed by atoms with Gasteiger partial charge in [-0.2, -0.15) is 0 Å². The summed E-state index contributed by atoms with van der Waals surface area (Å²) in [6.07, 6.45) is 0. The number of benzene rings is 1. The first-order chi connectivity index (χ1) is 9.89. The van der Waals surface area contributed by atoms with E-state index < -0.39 is 15.9 Å². The van der Waals surface area contributed by atoms with Gasteiger partial charge in [-0.05, 0) is 24.3 Å². The third kappa shape index (κ3) is 8.56. The van der Waals surface area contributed by atoms with Gasteiger partial charge in [-0.1, -0.05) is 0 Å². The molecule has 0 aliphatic rings. The molecule has 0 aliphatic heterocycles. The third-order valence-corrected chi connectivity index (χ3v) is 4.97. The molecule has 1 rings (SSSR count). The Morgan fingerprint density at radius 2 is 1.95 bits per heavy atom. The molecule has 0 saturated carbocycles. The van der Waals surface area contributed by atoms with Crippen molar-refractivity contribution in [1.29, 1.82) is 0 Å². The van der Waals surface area contributed by atoms with Crippen molar-refractivity contribution < 1.29 is 17.9 Å². The number of primary amides is 1. The molecule has 0 spiro atoms. The monoisotopic (exact) mass is 333 g/mol. The number of nitrogens with two attached hydrogens (primary N) is 2. The van der Waals surface area contributed by atoms with Crippen LogP contribution in [-0.4, -0.2) is 45.6 Å². The molecule has 0 fully saturated rings. The first kappa shape index (κ1) is 17.8. The van der Waals surface area contributed by atoms with Crippen LogP contribution < -0.4 is 16.2 Å². The predicted octanol–water partition coefficient (Wildman–Crippen LogP) is -0.218. The Balaban J connectivity index is 2.20. The van der Waals surface area contributed by atoms with E-state index in [1.807, 2.05) is 12.1 Å². The Hall–Kier alpha value is -1.29. The highest BCUT2D eigenvalue weighted by Gasteiger charge is 2.09. The Morgan fingerprint density at radius 3 is 2.57 bits per heavy atom. The van der Waals surface area contributed by atoms with E-state index in [4.69, 9.17) is 16.2 Å². The molecule has 5 N–H and O–H groups in total. The van der Waals surface area contributed by atoms with Crippen molar-refractivity contribution in [2.45, 2.75) is 4.90 Å². The molecule has 0 heterocycles. The molecule has 0 saturated heterocycles. The van der Waals surface area contributed by atoms with E-state index in [0.29, 0.717) is 11.4 Å². The van der Waals surface area contributed by atoms with Gasteiger partial charge in [0.25, 0.3) is 0 Å². The molecule has 1 aromatic rings. The van der Waals surface area contributed by atoms with Gasteiger partial charge in [-0.15, -0.1) is 11.8 Å². The van der Waals surface area contributed by atoms with Crippen molar-refractivity contribution in [2.24, 2.45) is 5.73 Å². The summed E-state index contributed by atoms with van der Waals surface area (Å²) >= 11 is 1.44. The molecule has 7 nitrogen and oxygen atoms in total. The smallest absolute Gasteiger partial charge is 0.243 e. The summed E-state index contributed by atoms with van der Waals surface area (Å²) in [6, 6.07) is 7.23. The molecule has 0 aliphatic carbocycles. The zero-order valence-corrected chi connectivity index (χ0v) is 13.1. The molecule has 0 radical (unpaired) electrons. The lowest BCUT2D eigenvalue weighted by Crippen LogP contribution is -2.31. The second-order valence-corrected chi connectivity index (χ2v) is 7.24. The average Bonchev–Trinajstić information content (AvgIpc) is 2.40. The van der Waals surface area contributed by atoms with Gasteiger partial charge in [0.05, 0.1) is 12.4 Å². The molecular weight excluding hydrogens is 314 g/mol. The van der Waals surface area contributed by atoms with Crippen molar-refractivity contribution in [3.05, 3.63) is 24.3 Å². The molecule has 9 heteroatoms. The number of carbonyl (C=O) groups excluding carboxylic acids is 1. The summed E-state index contributed by atoms with van der Waals surface area (Å²) in [6.45, 7) is 0.00411. The fourth-order valence-electron chi connectivity index (χ4n) is 1.35. The highest BCUT2D eigenvalue weighted by Crippen LogP contribution is 2.19. The molecule has 0 unspecified atom stereocenters. The quantitative estimate of drug-likeness (QED) is 0.309. The Bertz CT molecular complexity index is 546. The van der Waals surface area contributed by atoms with Gasteiger partial charge in [0, 0.05) is 22.9 Å². The van der Waals surface area contributed by atoms with Crippen LogP contribution in [0.4, 0.5) is 5.69 Å². The van der Waals surface area contributed by atoms with Crippen LogP contribution in [-0.2, 0) is 19.6 Å². The maximum atomic E-state index is 11.7. The number of hydrogen-bond donors (Lipinski definition) is 3. The maximum Gasteiger partial charge on any atom is 0.243 e. The minimum atomic E-state index is -3.35. The van der Waals surface area contributed by atoms with Crippen LogP contribution in [0.3, 0.4) is 0 Å². The van der Waals surface area contributed by atoms with E-state index in [-0.39, 0.29) is 25.5 Å². The SMILES string of the molecule is NC(=O)COCCNS(=O)(=O)CCSc1ccc(N)cc1. The fraction of sp³-hybridized carbons (Fsp3) is 0.417. The van der Waals surface area contributed by atoms with Crippen molar-refractivity contribution in [3.63, 3.8) is 0 Å². The van der Waals surface area contributed by atoms with Gasteiger partial charge in [-0.3, -0.25) is 4.79 Å². The molecule has 1 amide bonds. The number of hydrogen-bond acceptors (Lipinski definition) is 6. The van der Waals surface area contributed by atoms with Crippen molar-refractivity contribution >= 4 is 33.4 Å². The molecule has 0 atom stereocenters. The van der Waals surface area contributed by atoms with Gasteiger partial charge in [0.2, 0.25) is 15.9 Å². The van der Waals surface area contributed by atoms with E-state index in [1.54, 1.807) is 12.1 Å². The molecule has 0 aromatic heterocycles. The number of rotatable bonds is 10. The first-order valence-corrected chi connectivity index (χ1v) is 8.84. The van der Waals surface area contributed by atoms with Gasteiger partial charge < -0.3 is 16.2 Å². The molecule has 0 bridgehead atoms. The summed E-state index contributed by atoms with van der Waals surface area (Å²) < 4.78 is 30.6. The summed E-state index contributed by atoms with van der Waals surface area (Å²) in [5, 5.41) is 0. The number of sulfonamides is 1.